The fourth-order valence-electron chi connectivity index (χ4n) is 2.31. The fourth-order valence-corrected chi connectivity index (χ4v) is 2.31. The van der Waals surface area contributed by atoms with Crippen molar-refractivity contribution in [3.63, 3.8) is 0 Å². The number of morpholine rings is 1. The molecule has 0 bridgehead atoms. The maximum absolute atomic E-state index is 12.1. The Hall–Kier alpha value is -1.34. The number of hydrogen-bond acceptors (Lipinski definition) is 4. The van der Waals surface area contributed by atoms with Crippen LogP contribution in [0.1, 0.15) is 19.3 Å². The van der Waals surface area contributed by atoms with Crippen LogP contribution in [0.2, 0.25) is 0 Å². The summed E-state index contributed by atoms with van der Waals surface area (Å²) in [6, 6.07) is -1.01. The number of piperidine rings is 1. The lowest BCUT2D eigenvalue weighted by molar-refractivity contribution is -0.143. The SMILES string of the molecule is O=C(O)C1CCCCN1C(=O)NN1CCOCC1. The van der Waals surface area contributed by atoms with E-state index in [4.69, 9.17) is 9.84 Å². The molecule has 2 amide bonds. The van der Waals surface area contributed by atoms with Crippen LogP contribution < -0.4 is 5.43 Å². The van der Waals surface area contributed by atoms with Crippen LogP contribution in [0, 0.1) is 0 Å². The minimum absolute atomic E-state index is 0.316. The second kappa shape index (κ2) is 6.01. The second-order valence-corrected chi connectivity index (χ2v) is 4.56. The zero-order valence-corrected chi connectivity index (χ0v) is 10.3. The monoisotopic (exact) mass is 257 g/mol. The zero-order valence-electron chi connectivity index (χ0n) is 10.3. The lowest BCUT2D eigenvalue weighted by Gasteiger charge is -2.35. The molecule has 7 nitrogen and oxygen atoms in total. The number of carboxylic acids is 1. The number of rotatable bonds is 2. The first-order valence-corrected chi connectivity index (χ1v) is 6.31. The summed E-state index contributed by atoms with van der Waals surface area (Å²) in [7, 11) is 0. The van der Waals surface area contributed by atoms with Gasteiger partial charge in [0.25, 0.3) is 0 Å². The van der Waals surface area contributed by atoms with Crippen molar-refractivity contribution in [3.8, 4) is 0 Å². The summed E-state index contributed by atoms with van der Waals surface area (Å²) in [5.74, 6) is -0.924. The van der Waals surface area contributed by atoms with Gasteiger partial charge in [-0.05, 0) is 19.3 Å². The third-order valence-electron chi connectivity index (χ3n) is 3.31. The third kappa shape index (κ3) is 3.11. The first kappa shape index (κ1) is 13.1. The Morgan fingerprint density at radius 3 is 2.56 bits per heavy atom. The molecule has 0 radical (unpaired) electrons. The molecule has 1 atom stereocenters. The van der Waals surface area contributed by atoms with Gasteiger partial charge in [0.2, 0.25) is 0 Å². The fraction of sp³-hybridized carbons (Fsp3) is 0.818. The van der Waals surface area contributed by atoms with Gasteiger partial charge in [0.05, 0.1) is 13.2 Å². The Balaban J connectivity index is 1.91. The largest absolute Gasteiger partial charge is 0.480 e. The summed E-state index contributed by atoms with van der Waals surface area (Å²) in [5, 5.41) is 10.9. The van der Waals surface area contributed by atoms with E-state index in [-0.39, 0.29) is 6.03 Å². The number of likely N-dealkylation sites (tertiary alicyclic amines) is 1. The Kier molecular flexibility index (Phi) is 4.38. The minimum atomic E-state index is -0.924. The van der Waals surface area contributed by atoms with Crippen LogP contribution in [0.5, 0.6) is 0 Å². The Bertz CT molecular complexity index is 317. The Morgan fingerprint density at radius 1 is 1.17 bits per heavy atom. The van der Waals surface area contributed by atoms with Gasteiger partial charge in [0, 0.05) is 19.6 Å². The number of nitrogens with zero attached hydrogens (tertiary/aromatic N) is 2. The molecule has 2 aliphatic heterocycles. The molecule has 2 saturated heterocycles. The molecule has 2 rings (SSSR count). The standard InChI is InChI=1S/C11H19N3O4/c15-10(16)9-3-1-2-4-14(9)11(17)12-13-5-7-18-8-6-13/h9H,1-8H2,(H,12,17)(H,15,16). The van der Waals surface area contributed by atoms with E-state index in [9.17, 15) is 9.59 Å². The van der Waals surface area contributed by atoms with E-state index in [1.807, 2.05) is 0 Å². The van der Waals surface area contributed by atoms with Gasteiger partial charge in [-0.3, -0.25) is 5.43 Å². The number of carboxylic acid groups (broad SMARTS) is 1. The molecule has 0 saturated carbocycles. The number of carbonyl (C=O) groups excluding carboxylic acids is 1. The van der Waals surface area contributed by atoms with Gasteiger partial charge in [0.1, 0.15) is 6.04 Å². The first-order chi connectivity index (χ1) is 8.68. The van der Waals surface area contributed by atoms with Gasteiger partial charge in [0.15, 0.2) is 0 Å². The molecule has 18 heavy (non-hydrogen) atoms. The van der Waals surface area contributed by atoms with Crippen LogP contribution in [-0.4, -0.2) is 65.9 Å². The summed E-state index contributed by atoms with van der Waals surface area (Å²) >= 11 is 0. The van der Waals surface area contributed by atoms with Crippen molar-refractivity contribution in [1.29, 1.82) is 0 Å². The molecular weight excluding hydrogens is 238 g/mol. The van der Waals surface area contributed by atoms with Crippen LogP contribution in [0.15, 0.2) is 0 Å². The molecule has 0 aromatic rings. The number of amides is 2. The van der Waals surface area contributed by atoms with E-state index in [1.165, 1.54) is 4.90 Å². The molecule has 0 aromatic carbocycles. The van der Waals surface area contributed by atoms with E-state index in [0.29, 0.717) is 39.3 Å². The van der Waals surface area contributed by atoms with Crippen molar-refractivity contribution in [3.05, 3.63) is 0 Å². The lowest BCUT2D eigenvalue weighted by atomic mass is 10.0. The molecule has 102 valence electrons. The van der Waals surface area contributed by atoms with E-state index < -0.39 is 12.0 Å². The number of carbonyl (C=O) groups is 2. The van der Waals surface area contributed by atoms with Crippen molar-refractivity contribution in [2.45, 2.75) is 25.3 Å². The van der Waals surface area contributed by atoms with Gasteiger partial charge < -0.3 is 14.7 Å². The predicted molar refractivity (Wildman–Crippen MR) is 62.9 cm³/mol. The normalized spacial score (nSPS) is 25.8. The highest BCUT2D eigenvalue weighted by molar-refractivity contribution is 5.82. The van der Waals surface area contributed by atoms with E-state index in [0.717, 1.165) is 12.8 Å². The first-order valence-electron chi connectivity index (χ1n) is 6.31. The van der Waals surface area contributed by atoms with E-state index in [1.54, 1.807) is 5.01 Å². The molecule has 0 spiro atoms. The summed E-state index contributed by atoms with van der Waals surface area (Å²) < 4.78 is 5.19. The number of hydrogen-bond donors (Lipinski definition) is 2. The van der Waals surface area contributed by atoms with E-state index >= 15 is 0 Å². The number of urea groups is 1. The molecule has 2 heterocycles. The zero-order chi connectivity index (χ0) is 13.0. The topological polar surface area (TPSA) is 82.1 Å². The van der Waals surface area contributed by atoms with Crippen molar-refractivity contribution < 1.29 is 19.4 Å². The molecule has 2 fully saturated rings. The molecule has 7 heteroatoms. The highest BCUT2D eigenvalue weighted by Crippen LogP contribution is 2.17. The van der Waals surface area contributed by atoms with Crippen molar-refractivity contribution in [2.75, 3.05) is 32.8 Å². The molecule has 0 aliphatic carbocycles. The lowest BCUT2D eigenvalue weighted by Crippen LogP contribution is -2.57. The summed E-state index contributed by atoms with van der Waals surface area (Å²) in [6.45, 7) is 2.95. The van der Waals surface area contributed by atoms with Crippen molar-refractivity contribution in [2.24, 2.45) is 0 Å². The van der Waals surface area contributed by atoms with Gasteiger partial charge in [-0.25, -0.2) is 14.6 Å². The van der Waals surface area contributed by atoms with Crippen LogP contribution in [0.3, 0.4) is 0 Å². The number of nitrogens with one attached hydrogen (secondary N) is 1. The maximum atomic E-state index is 12.1. The average molecular weight is 257 g/mol. The van der Waals surface area contributed by atoms with Crippen LogP contribution in [0.4, 0.5) is 4.79 Å². The van der Waals surface area contributed by atoms with E-state index in [2.05, 4.69) is 5.43 Å². The van der Waals surface area contributed by atoms with Gasteiger partial charge in [-0.15, -0.1) is 0 Å². The molecule has 2 aliphatic rings. The predicted octanol–water partition coefficient (Wildman–Crippen LogP) is -0.118. The summed E-state index contributed by atoms with van der Waals surface area (Å²) in [4.78, 5) is 24.6. The quantitative estimate of drug-likeness (QED) is 0.721. The van der Waals surface area contributed by atoms with Crippen LogP contribution >= 0.6 is 0 Å². The highest BCUT2D eigenvalue weighted by Gasteiger charge is 2.32. The average Bonchev–Trinajstić information content (AvgIpc) is 2.40. The minimum Gasteiger partial charge on any atom is -0.480 e. The summed E-state index contributed by atoms with van der Waals surface area (Å²) in [5.41, 5.74) is 2.75. The number of hydrazine groups is 1. The van der Waals surface area contributed by atoms with Crippen molar-refractivity contribution in [1.82, 2.24) is 15.3 Å². The van der Waals surface area contributed by atoms with Gasteiger partial charge >= 0.3 is 12.0 Å². The highest BCUT2D eigenvalue weighted by atomic mass is 16.5. The van der Waals surface area contributed by atoms with Crippen LogP contribution in [-0.2, 0) is 9.53 Å². The molecule has 1 unspecified atom stereocenters. The number of aliphatic carboxylic acids is 1. The molecule has 0 aromatic heterocycles. The Morgan fingerprint density at radius 2 is 1.89 bits per heavy atom. The van der Waals surface area contributed by atoms with Gasteiger partial charge in [-0.1, -0.05) is 0 Å². The van der Waals surface area contributed by atoms with Crippen molar-refractivity contribution >= 4 is 12.0 Å². The number of ether oxygens (including phenoxy) is 1. The van der Waals surface area contributed by atoms with Gasteiger partial charge in [-0.2, -0.15) is 0 Å². The Labute approximate surface area is 106 Å². The maximum Gasteiger partial charge on any atom is 0.332 e. The summed E-state index contributed by atoms with van der Waals surface area (Å²) in [6.07, 6.45) is 2.25. The molecule has 2 N–H and O–H groups in total. The smallest absolute Gasteiger partial charge is 0.332 e. The molecular formula is C11H19N3O4. The van der Waals surface area contributed by atoms with Crippen LogP contribution in [0.25, 0.3) is 0 Å². The second-order valence-electron chi connectivity index (χ2n) is 4.56. The third-order valence-corrected chi connectivity index (χ3v) is 3.31.